The number of carboxylic acid groups (broad SMARTS) is 1. The van der Waals surface area contributed by atoms with E-state index in [1.54, 1.807) is 0 Å². The zero-order chi connectivity index (χ0) is 14.8. The molecule has 106 valence electrons. The number of anilines is 1. The quantitative estimate of drug-likeness (QED) is 0.805. The van der Waals surface area contributed by atoms with E-state index >= 15 is 0 Å². The van der Waals surface area contributed by atoms with E-state index in [4.69, 9.17) is 16.7 Å². The summed E-state index contributed by atoms with van der Waals surface area (Å²) in [7, 11) is -3.85. The highest BCUT2D eigenvalue weighted by Gasteiger charge is 2.19. The fourth-order valence-electron chi connectivity index (χ4n) is 1.30. The number of aliphatic carboxylic acids is 1. The minimum absolute atomic E-state index is 0.0164. The molecule has 0 saturated heterocycles. The van der Waals surface area contributed by atoms with Crippen LogP contribution in [0.15, 0.2) is 28.6 Å². The molecule has 0 amide bonds. The summed E-state index contributed by atoms with van der Waals surface area (Å²) in [5.41, 5.74) is 0. The third kappa shape index (κ3) is 3.65. The second-order valence-corrected chi connectivity index (χ2v) is 7.06. The molecule has 2 heterocycles. The molecule has 0 fully saturated rings. The molecule has 0 aliphatic rings. The summed E-state index contributed by atoms with van der Waals surface area (Å²) in [5, 5.41) is 8.76. The predicted octanol–water partition coefficient (Wildman–Crippen LogP) is 1.62. The third-order valence-electron chi connectivity index (χ3n) is 2.07. The molecule has 10 heteroatoms. The van der Waals surface area contributed by atoms with Crippen molar-refractivity contribution in [3.63, 3.8) is 0 Å². The smallest absolute Gasteiger partial charge is 0.308 e. The number of hydrogen-bond acceptors (Lipinski definition) is 6. The molecule has 0 spiro atoms. The van der Waals surface area contributed by atoms with Crippen molar-refractivity contribution in [2.24, 2.45) is 0 Å². The minimum atomic E-state index is -3.85. The van der Waals surface area contributed by atoms with Crippen molar-refractivity contribution in [2.75, 3.05) is 4.72 Å². The van der Waals surface area contributed by atoms with Crippen LogP contribution in [0.3, 0.4) is 0 Å². The summed E-state index contributed by atoms with van der Waals surface area (Å²) in [5.74, 6) is -1.17. The SMILES string of the molecule is O=C(O)Cc1ccc(S(=O)(=O)Nc2nccc(Cl)n2)s1. The van der Waals surface area contributed by atoms with Crippen molar-refractivity contribution in [1.82, 2.24) is 9.97 Å². The molecule has 2 N–H and O–H groups in total. The number of carboxylic acids is 1. The summed E-state index contributed by atoms with van der Waals surface area (Å²) in [4.78, 5) is 18.4. The maximum absolute atomic E-state index is 12.0. The van der Waals surface area contributed by atoms with E-state index in [9.17, 15) is 13.2 Å². The second-order valence-electron chi connectivity index (χ2n) is 3.60. The van der Waals surface area contributed by atoms with E-state index < -0.39 is 16.0 Å². The van der Waals surface area contributed by atoms with Gasteiger partial charge in [0, 0.05) is 11.1 Å². The van der Waals surface area contributed by atoms with Crippen LogP contribution >= 0.6 is 22.9 Å². The van der Waals surface area contributed by atoms with E-state index in [1.165, 1.54) is 24.4 Å². The fraction of sp³-hybridized carbons (Fsp3) is 0.100. The van der Waals surface area contributed by atoms with Gasteiger partial charge in [0.2, 0.25) is 5.95 Å². The van der Waals surface area contributed by atoms with Crippen LogP contribution in [0.2, 0.25) is 5.15 Å². The highest BCUT2D eigenvalue weighted by molar-refractivity contribution is 7.94. The minimum Gasteiger partial charge on any atom is -0.481 e. The van der Waals surface area contributed by atoms with Crippen molar-refractivity contribution in [1.29, 1.82) is 0 Å². The van der Waals surface area contributed by atoms with Crippen molar-refractivity contribution in [2.45, 2.75) is 10.6 Å². The lowest BCUT2D eigenvalue weighted by molar-refractivity contribution is -0.136. The number of aromatic nitrogens is 2. The molecule has 0 aliphatic carbocycles. The van der Waals surface area contributed by atoms with E-state index in [1.807, 2.05) is 0 Å². The first-order chi connectivity index (χ1) is 9.37. The second kappa shape index (κ2) is 5.73. The van der Waals surface area contributed by atoms with Gasteiger partial charge >= 0.3 is 5.97 Å². The van der Waals surface area contributed by atoms with Gasteiger partial charge in [-0.05, 0) is 18.2 Å². The Labute approximate surface area is 123 Å². The Hall–Kier alpha value is -1.71. The fourth-order valence-corrected chi connectivity index (χ4v) is 3.74. The van der Waals surface area contributed by atoms with E-state index in [-0.39, 0.29) is 21.7 Å². The Morgan fingerprint density at radius 1 is 1.40 bits per heavy atom. The zero-order valence-electron chi connectivity index (χ0n) is 9.78. The predicted molar refractivity (Wildman–Crippen MR) is 73.5 cm³/mol. The molecular formula is C10H8ClN3O4S2. The first-order valence-electron chi connectivity index (χ1n) is 5.19. The Kier molecular flexibility index (Phi) is 4.21. The lowest BCUT2D eigenvalue weighted by atomic mass is 10.3. The summed E-state index contributed by atoms with van der Waals surface area (Å²) in [6.45, 7) is 0. The number of nitrogens with one attached hydrogen (secondary N) is 1. The van der Waals surface area contributed by atoms with Crippen LogP contribution in [-0.4, -0.2) is 29.5 Å². The highest BCUT2D eigenvalue weighted by Crippen LogP contribution is 2.23. The van der Waals surface area contributed by atoms with Gasteiger partial charge in [0.1, 0.15) is 9.36 Å². The van der Waals surface area contributed by atoms with Gasteiger partial charge in [-0.15, -0.1) is 11.3 Å². The lowest BCUT2D eigenvalue weighted by Gasteiger charge is -2.03. The number of nitrogens with zero attached hydrogens (tertiary/aromatic N) is 2. The lowest BCUT2D eigenvalue weighted by Crippen LogP contribution is -2.13. The molecular weight excluding hydrogens is 326 g/mol. The maximum atomic E-state index is 12.0. The first kappa shape index (κ1) is 14.7. The average molecular weight is 334 g/mol. The van der Waals surface area contributed by atoms with Gasteiger partial charge in [-0.25, -0.2) is 23.1 Å². The van der Waals surface area contributed by atoms with Crippen LogP contribution in [-0.2, 0) is 21.2 Å². The van der Waals surface area contributed by atoms with Gasteiger partial charge in [-0.1, -0.05) is 11.6 Å². The van der Waals surface area contributed by atoms with Crippen molar-refractivity contribution >= 4 is 44.9 Å². The molecule has 0 aliphatic heterocycles. The summed E-state index contributed by atoms with van der Waals surface area (Å²) >= 11 is 6.50. The molecule has 2 rings (SSSR count). The van der Waals surface area contributed by atoms with Gasteiger partial charge in [-0.3, -0.25) is 4.79 Å². The molecule has 0 atom stereocenters. The first-order valence-corrected chi connectivity index (χ1v) is 7.86. The largest absolute Gasteiger partial charge is 0.481 e. The van der Waals surface area contributed by atoms with Gasteiger partial charge in [0.15, 0.2) is 0 Å². The molecule has 0 bridgehead atoms. The van der Waals surface area contributed by atoms with Crippen molar-refractivity contribution in [3.05, 3.63) is 34.4 Å². The van der Waals surface area contributed by atoms with Crippen LogP contribution < -0.4 is 4.72 Å². The van der Waals surface area contributed by atoms with Gasteiger partial charge in [0.25, 0.3) is 10.0 Å². The van der Waals surface area contributed by atoms with Crippen LogP contribution in [0.1, 0.15) is 4.88 Å². The van der Waals surface area contributed by atoms with E-state index in [2.05, 4.69) is 14.7 Å². The maximum Gasteiger partial charge on any atom is 0.308 e. The van der Waals surface area contributed by atoms with Crippen molar-refractivity contribution < 1.29 is 18.3 Å². The highest BCUT2D eigenvalue weighted by atomic mass is 35.5. The number of thiophene rings is 1. The molecule has 0 saturated carbocycles. The average Bonchev–Trinajstić information content (AvgIpc) is 2.76. The summed E-state index contributed by atoms with van der Waals surface area (Å²) < 4.78 is 26.2. The monoisotopic (exact) mass is 333 g/mol. The van der Waals surface area contributed by atoms with Gasteiger partial charge in [0.05, 0.1) is 6.42 Å². The van der Waals surface area contributed by atoms with Crippen LogP contribution in [0, 0.1) is 0 Å². The molecule has 20 heavy (non-hydrogen) atoms. The molecule has 2 aromatic rings. The number of hydrogen-bond donors (Lipinski definition) is 2. The number of carbonyl (C=O) groups is 1. The molecule has 2 aromatic heterocycles. The molecule has 0 aromatic carbocycles. The Morgan fingerprint density at radius 2 is 2.15 bits per heavy atom. The van der Waals surface area contributed by atoms with Crippen LogP contribution in [0.25, 0.3) is 0 Å². The molecule has 0 unspecified atom stereocenters. The summed E-state index contributed by atoms with van der Waals surface area (Å²) in [6, 6.07) is 4.19. The number of halogens is 1. The topological polar surface area (TPSA) is 109 Å². The Balaban J connectivity index is 2.22. The molecule has 7 nitrogen and oxygen atoms in total. The third-order valence-corrected chi connectivity index (χ3v) is 5.19. The van der Waals surface area contributed by atoms with E-state index in [0.29, 0.717) is 4.88 Å². The van der Waals surface area contributed by atoms with Crippen LogP contribution in [0.5, 0.6) is 0 Å². The van der Waals surface area contributed by atoms with Gasteiger partial charge in [-0.2, -0.15) is 0 Å². The normalized spacial score (nSPS) is 11.2. The number of sulfonamides is 1. The van der Waals surface area contributed by atoms with Gasteiger partial charge < -0.3 is 5.11 Å². The van der Waals surface area contributed by atoms with Crippen molar-refractivity contribution in [3.8, 4) is 0 Å². The Morgan fingerprint density at radius 3 is 2.80 bits per heavy atom. The molecule has 0 radical (unpaired) electrons. The Bertz CT molecular complexity index is 744. The van der Waals surface area contributed by atoms with E-state index in [0.717, 1.165) is 11.3 Å². The summed E-state index contributed by atoms with van der Waals surface area (Å²) in [6.07, 6.45) is 1.09. The zero-order valence-corrected chi connectivity index (χ0v) is 12.2. The van der Waals surface area contributed by atoms with Crippen LogP contribution in [0.4, 0.5) is 5.95 Å². The number of rotatable bonds is 5. The standard InChI is InChI=1S/C10H8ClN3O4S2/c11-7-3-4-12-10(13-7)14-20(17,18)9-2-1-6(19-9)5-8(15)16/h1-4H,5H2,(H,15,16)(H,12,13,14).